The third-order valence-electron chi connectivity index (χ3n) is 2.30. The first kappa shape index (κ1) is 13.1. The number of nitrogens with zero attached hydrogens (tertiary/aromatic N) is 3. The Hall–Kier alpha value is -0.920. The first-order chi connectivity index (χ1) is 7.54. The minimum absolute atomic E-state index is 0.0165. The fourth-order valence-corrected chi connectivity index (χ4v) is 1.53. The Morgan fingerprint density at radius 2 is 2.12 bits per heavy atom. The van der Waals surface area contributed by atoms with E-state index in [4.69, 9.17) is 11.1 Å². The smallest absolute Gasteiger partial charge is 0.225 e. The average Bonchev–Trinajstić information content (AvgIpc) is 2.26. The van der Waals surface area contributed by atoms with Gasteiger partial charge in [0.2, 0.25) is 5.95 Å². The summed E-state index contributed by atoms with van der Waals surface area (Å²) in [6, 6.07) is 0. The van der Waals surface area contributed by atoms with Crippen LogP contribution in [0.2, 0.25) is 0 Å². The monoisotopic (exact) mass is 333 g/mol. The summed E-state index contributed by atoms with van der Waals surface area (Å²) in [7, 11) is 0. The van der Waals surface area contributed by atoms with Crippen molar-refractivity contribution >= 4 is 34.4 Å². The van der Waals surface area contributed by atoms with Crippen LogP contribution < -0.4 is 10.6 Å². The van der Waals surface area contributed by atoms with Gasteiger partial charge in [-0.3, -0.25) is 5.41 Å². The van der Waals surface area contributed by atoms with Gasteiger partial charge in [0, 0.05) is 35.0 Å². The first-order valence-corrected chi connectivity index (χ1v) is 6.18. The van der Waals surface area contributed by atoms with Gasteiger partial charge < -0.3 is 10.6 Å². The molecular weight excluding hydrogens is 317 g/mol. The molecule has 1 aromatic heterocycles. The summed E-state index contributed by atoms with van der Waals surface area (Å²) in [6.07, 6.45) is 3.56. The standard InChI is InChI=1S/C10H16IN5/c1-3-16(6-7(2)9(12)13)10-14-4-8(11)5-15-10/h4-5,7H,3,6H2,1-2H3,(H3,12,13). The third kappa shape index (κ3) is 3.58. The van der Waals surface area contributed by atoms with Gasteiger partial charge >= 0.3 is 0 Å². The van der Waals surface area contributed by atoms with Gasteiger partial charge in [-0.05, 0) is 29.5 Å². The zero-order valence-electron chi connectivity index (χ0n) is 9.44. The molecule has 0 saturated carbocycles. The number of nitrogens with one attached hydrogen (secondary N) is 1. The second kappa shape index (κ2) is 5.97. The number of amidine groups is 1. The van der Waals surface area contributed by atoms with Gasteiger partial charge in [0.1, 0.15) is 0 Å². The van der Waals surface area contributed by atoms with Crippen molar-refractivity contribution in [3.05, 3.63) is 16.0 Å². The lowest BCUT2D eigenvalue weighted by Gasteiger charge is -2.23. The Kier molecular flexibility index (Phi) is 4.91. The van der Waals surface area contributed by atoms with Crippen LogP contribution >= 0.6 is 22.6 Å². The number of anilines is 1. The highest BCUT2D eigenvalue weighted by molar-refractivity contribution is 14.1. The normalized spacial score (nSPS) is 12.2. The second-order valence-corrected chi connectivity index (χ2v) is 4.84. The summed E-state index contributed by atoms with van der Waals surface area (Å²) in [5.41, 5.74) is 5.46. The fourth-order valence-electron chi connectivity index (χ4n) is 1.25. The van der Waals surface area contributed by atoms with Crippen LogP contribution in [0.5, 0.6) is 0 Å². The van der Waals surface area contributed by atoms with Crippen LogP contribution in [-0.2, 0) is 0 Å². The van der Waals surface area contributed by atoms with Crippen LogP contribution in [0, 0.1) is 14.9 Å². The van der Waals surface area contributed by atoms with Crippen molar-refractivity contribution in [3.8, 4) is 0 Å². The molecule has 0 fully saturated rings. The van der Waals surface area contributed by atoms with E-state index in [1.165, 1.54) is 0 Å². The van der Waals surface area contributed by atoms with Crippen molar-refractivity contribution in [3.63, 3.8) is 0 Å². The summed E-state index contributed by atoms with van der Waals surface area (Å²) in [5.74, 6) is 0.905. The predicted octanol–water partition coefficient (Wildman–Crippen LogP) is 1.48. The molecule has 0 amide bonds. The number of hydrogen-bond donors (Lipinski definition) is 2. The lowest BCUT2D eigenvalue weighted by atomic mass is 10.1. The molecule has 1 aromatic rings. The van der Waals surface area contributed by atoms with Crippen LogP contribution in [0.15, 0.2) is 12.4 Å². The summed E-state index contributed by atoms with van der Waals surface area (Å²) >= 11 is 2.17. The lowest BCUT2D eigenvalue weighted by Crippen LogP contribution is -2.35. The third-order valence-corrected chi connectivity index (χ3v) is 2.85. The molecule has 1 atom stereocenters. The molecule has 3 N–H and O–H groups in total. The van der Waals surface area contributed by atoms with Gasteiger partial charge in [0.25, 0.3) is 0 Å². The number of aromatic nitrogens is 2. The van der Waals surface area contributed by atoms with Gasteiger partial charge in [-0.1, -0.05) is 6.92 Å². The summed E-state index contributed by atoms with van der Waals surface area (Å²) < 4.78 is 1.01. The van der Waals surface area contributed by atoms with Gasteiger partial charge in [-0.25, -0.2) is 9.97 Å². The van der Waals surface area contributed by atoms with E-state index < -0.39 is 0 Å². The predicted molar refractivity (Wildman–Crippen MR) is 73.7 cm³/mol. The second-order valence-electron chi connectivity index (χ2n) is 3.60. The largest absolute Gasteiger partial charge is 0.387 e. The number of rotatable bonds is 5. The quantitative estimate of drug-likeness (QED) is 0.486. The first-order valence-electron chi connectivity index (χ1n) is 5.11. The maximum atomic E-state index is 7.37. The Morgan fingerprint density at radius 3 is 2.56 bits per heavy atom. The molecule has 1 rings (SSSR count). The molecule has 1 heterocycles. The highest BCUT2D eigenvalue weighted by Crippen LogP contribution is 2.10. The van der Waals surface area contributed by atoms with Crippen LogP contribution in [-0.4, -0.2) is 28.9 Å². The Bertz CT molecular complexity index is 351. The van der Waals surface area contributed by atoms with Crippen LogP contribution in [0.3, 0.4) is 0 Å². The maximum absolute atomic E-state index is 7.37. The fraction of sp³-hybridized carbons (Fsp3) is 0.500. The van der Waals surface area contributed by atoms with Crippen molar-refractivity contribution in [2.75, 3.05) is 18.0 Å². The summed E-state index contributed by atoms with van der Waals surface area (Å²) in [5, 5.41) is 7.37. The molecule has 0 aliphatic rings. The average molecular weight is 333 g/mol. The van der Waals surface area contributed by atoms with E-state index in [-0.39, 0.29) is 11.8 Å². The van der Waals surface area contributed by atoms with E-state index in [9.17, 15) is 0 Å². The SMILES string of the molecule is CCN(CC(C)C(=N)N)c1ncc(I)cn1. The molecule has 6 heteroatoms. The van der Waals surface area contributed by atoms with Gasteiger partial charge in [-0.15, -0.1) is 0 Å². The van der Waals surface area contributed by atoms with Gasteiger partial charge in [0.05, 0.1) is 5.84 Å². The summed E-state index contributed by atoms with van der Waals surface area (Å²) in [6.45, 7) is 5.44. The van der Waals surface area contributed by atoms with Crippen molar-refractivity contribution in [2.45, 2.75) is 13.8 Å². The van der Waals surface area contributed by atoms with E-state index in [0.717, 1.165) is 10.1 Å². The van der Waals surface area contributed by atoms with Crippen LogP contribution in [0.4, 0.5) is 5.95 Å². The van der Waals surface area contributed by atoms with Crippen molar-refractivity contribution in [1.29, 1.82) is 5.41 Å². The molecule has 16 heavy (non-hydrogen) atoms. The number of nitrogens with two attached hydrogens (primary N) is 1. The molecule has 0 aliphatic heterocycles. The van der Waals surface area contributed by atoms with Gasteiger partial charge in [-0.2, -0.15) is 0 Å². The van der Waals surface area contributed by atoms with Gasteiger partial charge in [0.15, 0.2) is 0 Å². The molecular formula is C10H16IN5. The zero-order valence-corrected chi connectivity index (χ0v) is 11.6. The van der Waals surface area contributed by atoms with Crippen molar-refractivity contribution in [2.24, 2.45) is 11.7 Å². The Balaban J connectivity index is 2.74. The van der Waals surface area contributed by atoms with E-state index in [2.05, 4.69) is 32.6 Å². The van der Waals surface area contributed by atoms with E-state index in [0.29, 0.717) is 12.5 Å². The van der Waals surface area contributed by atoms with E-state index in [1.54, 1.807) is 12.4 Å². The summed E-state index contributed by atoms with van der Waals surface area (Å²) in [4.78, 5) is 10.5. The zero-order chi connectivity index (χ0) is 12.1. The minimum Gasteiger partial charge on any atom is -0.387 e. The Labute approximate surface area is 109 Å². The molecule has 0 aliphatic carbocycles. The number of hydrogen-bond acceptors (Lipinski definition) is 4. The topological polar surface area (TPSA) is 78.9 Å². The van der Waals surface area contributed by atoms with E-state index in [1.807, 2.05) is 18.7 Å². The van der Waals surface area contributed by atoms with Crippen LogP contribution in [0.1, 0.15) is 13.8 Å². The molecule has 0 aromatic carbocycles. The maximum Gasteiger partial charge on any atom is 0.225 e. The highest BCUT2D eigenvalue weighted by Gasteiger charge is 2.13. The lowest BCUT2D eigenvalue weighted by molar-refractivity contribution is 0.681. The Morgan fingerprint density at radius 1 is 1.56 bits per heavy atom. The molecule has 0 bridgehead atoms. The molecule has 0 spiro atoms. The van der Waals surface area contributed by atoms with Crippen molar-refractivity contribution in [1.82, 2.24) is 9.97 Å². The van der Waals surface area contributed by atoms with Crippen LogP contribution in [0.25, 0.3) is 0 Å². The molecule has 0 radical (unpaired) electrons. The highest BCUT2D eigenvalue weighted by atomic mass is 127. The van der Waals surface area contributed by atoms with Crippen molar-refractivity contribution < 1.29 is 0 Å². The molecule has 5 nitrogen and oxygen atoms in total. The number of halogens is 1. The minimum atomic E-state index is 0.0165. The molecule has 0 saturated heterocycles. The van der Waals surface area contributed by atoms with E-state index >= 15 is 0 Å². The molecule has 88 valence electrons. The molecule has 1 unspecified atom stereocenters.